The van der Waals surface area contributed by atoms with Gasteiger partial charge in [0.15, 0.2) is 0 Å². The van der Waals surface area contributed by atoms with Crippen LogP contribution in [-0.2, 0) is 0 Å². The number of aromatic carboxylic acids is 1. The number of para-hydroxylation sites is 1. The Morgan fingerprint density at radius 3 is 2.59 bits per heavy atom. The molecule has 0 radical (unpaired) electrons. The van der Waals surface area contributed by atoms with Crippen LogP contribution < -0.4 is 5.32 Å². The quantitative estimate of drug-likeness (QED) is 0.794. The molecule has 1 aromatic rings. The summed E-state index contributed by atoms with van der Waals surface area (Å²) in [5.74, 6) is -0.897. The van der Waals surface area contributed by atoms with Crippen molar-refractivity contribution in [3.05, 3.63) is 29.8 Å². The highest BCUT2D eigenvalue weighted by atomic mass is 16.4. The number of nitrogens with one attached hydrogen (secondary N) is 1. The first-order valence-electron chi connectivity index (χ1n) is 5.78. The van der Waals surface area contributed by atoms with Gasteiger partial charge in [0.05, 0.1) is 5.56 Å². The minimum atomic E-state index is -0.897. The van der Waals surface area contributed by atoms with Gasteiger partial charge in [-0.2, -0.15) is 0 Å². The maximum Gasteiger partial charge on any atom is 0.337 e. The predicted molar refractivity (Wildman–Crippen MR) is 69.7 cm³/mol. The summed E-state index contributed by atoms with van der Waals surface area (Å²) in [5, 5.41) is 12.3. The van der Waals surface area contributed by atoms with E-state index in [0.29, 0.717) is 17.3 Å². The average molecular weight is 236 g/mol. The second-order valence-corrected chi connectivity index (χ2v) is 4.26. The Labute approximate surface area is 102 Å². The Balaban J connectivity index is 2.72. The number of hydrogen-bond donors (Lipinski definition) is 2. The van der Waals surface area contributed by atoms with Gasteiger partial charge in [0, 0.05) is 18.3 Å². The summed E-state index contributed by atoms with van der Waals surface area (Å²) in [7, 11) is 4.05. The van der Waals surface area contributed by atoms with Crippen LogP contribution >= 0.6 is 0 Å². The highest BCUT2D eigenvalue weighted by molar-refractivity contribution is 5.94. The van der Waals surface area contributed by atoms with Crippen molar-refractivity contribution >= 4 is 11.7 Å². The lowest BCUT2D eigenvalue weighted by molar-refractivity contribution is 0.0698. The summed E-state index contributed by atoms with van der Waals surface area (Å²) < 4.78 is 0. The highest BCUT2D eigenvalue weighted by Gasteiger charge is 2.12. The zero-order valence-electron chi connectivity index (χ0n) is 10.6. The lowest BCUT2D eigenvalue weighted by atomic mass is 10.1. The lowest BCUT2D eigenvalue weighted by Crippen LogP contribution is -2.34. The van der Waals surface area contributed by atoms with Gasteiger partial charge in [0.2, 0.25) is 0 Å². The molecule has 0 amide bonds. The monoisotopic (exact) mass is 236 g/mol. The third kappa shape index (κ3) is 3.75. The first-order chi connectivity index (χ1) is 8.06. The number of anilines is 1. The summed E-state index contributed by atoms with van der Waals surface area (Å²) in [6.45, 7) is 2.86. The van der Waals surface area contributed by atoms with Crippen LogP contribution in [0.1, 0.15) is 23.7 Å². The minimum Gasteiger partial charge on any atom is -0.478 e. The lowest BCUT2D eigenvalue weighted by Gasteiger charge is -2.24. The van der Waals surface area contributed by atoms with Crippen LogP contribution in [0.25, 0.3) is 0 Å². The SMILES string of the molecule is CCC(CNc1ccccc1C(=O)O)N(C)C. The fraction of sp³-hybridized carbons (Fsp3) is 0.462. The normalized spacial score (nSPS) is 12.5. The molecule has 4 heteroatoms. The third-order valence-corrected chi connectivity index (χ3v) is 2.89. The zero-order chi connectivity index (χ0) is 12.8. The van der Waals surface area contributed by atoms with Crippen molar-refractivity contribution in [2.45, 2.75) is 19.4 Å². The molecular weight excluding hydrogens is 216 g/mol. The van der Waals surface area contributed by atoms with Crippen molar-refractivity contribution in [1.82, 2.24) is 4.90 Å². The van der Waals surface area contributed by atoms with Crippen LogP contribution in [0.4, 0.5) is 5.69 Å². The first-order valence-corrected chi connectivity index (χ1v) is 5.78. The summed E-state index contributed by atoms with van der Waals surface area (Å²) in [6, 6.07) is 7.38. The van der Waals surface area contributed by atoms with E-state index in [1.807, 2.05) is 20.2 Å². The number of rotatable bonds is 6. The van der Waals surface area contributed by atoms with Crippen molar-refractivity contribution in [2.24, 2.45) is 0 Å². The second-order valence-electron chi connectivity index (χ2n) is 4.26. The summed E-state index contributed by atoms with van der Waals surface area (Å²) >= 11 is 0. The van der Waals surface area contributed by atoms with E-state index in [2.05, 4.69) is 17.1 Å². The van der Waals surface area contributed by atoms with Gasteiger partial charge in [-0.15, -0.1) is 0 Å². The molecule has 2 N–H and O–H groups in total. The van der Waals surface area contributed by atoms with E-state index in [4.69, 9.17) is 5.11 Å². The highest BCUT2D eigenvalue weighted by Crippen LogP contribution is 2.15. The van der Waals surface area contributed by atoms with Gasteiger partial charge in [-0.1, -0.05) is 19.1 Å². The van der Waals surface area contributed by atoms with E-state index >= 15 is 0 Å². The first kappa shape index (κ1) is 13.5. The Morgan fingerprint density at radius 2 is 2.06 bits per heavy atom. The van der Waals surface area contributed by atoms with Crippen LogP contribution in [0.15, 0.2) is 24.3 Å². The Kier molecular flexibility index (Phi) is 4.97. The molecule has 0 aliphatic heterocycles. The summed E-state index contributed by atoms with van der Waals surface area (Å²) in [6.07, 6.45) is 1.02. The molecule has 0 bridgehead atoms. The Hall–Kier alpha value is -1.55. The number of carboxylic acid groups (broad SMARTS) is 1. The van der Waals surface area contributed by atoms with E-state index in [0.717, 1.165) is 13.0 Å². The molecule has 0 aliphatic rings. The average Bonchev–Trinajstić information content (AvgIpc) is 2.29. The summed E-state index contributed by atoms with van der Waals surface area (Å²) in [5.41, 5.74) is 1.00. The molecule has 1 unspecified atom stereocenters. The van der Waals surface area contributed by atoms with E-state index in [1.165, 1.54) is 0 Å². The van der Waals surface area contributed by atoms with Gasteiger partial charge in [0.1, 0.15) is 0 Å². The van der Waals surface area contributed by atoms with Crippen molar-refractivity contribution in [3.8, 4) is 0 Å². The van der Waals surface area contributed by atoms with Gasteiger partial charge in [-0.3, -0.25) is 0 Å². The van der Waals surface area contributed by atoms with Crippen LogP contribution in [-0.4, -0.2) is 42.7 Å². The fourth-order valence-electron chi connectivity index (χ4n) is 1.74. The maximum atomic E-state index is 11.0. The third-order valence-electron chi connectivity index (χ3n) is 2.89. The molecule has 4 nitrogen and oxygen atoms in total. The van der Waals surface area contributed by atoms with Crippen LogP contribution in [0.5, 0.6) is 0 Å². The second kappa shape index (κ2) is 6.25. The van der Waals surface area contributed by atoms with Crippen molar-refractivity contribution in [2.75, 3.05) is 26.0 Å². The van der Waals surface area contributed by atoms with Gasteiger partial charge in [-0.25, -0.2) is 4.79 Å². The Morgan fingerprint density at radius 1 is 1.41 bits per heavy atom. The van der Waals surface area contributed by atoms with Crippen molar-refractivity contribution < 1.29 is 9.90 Å². The largest absolute Gasteiger partial charge is 0.478 e. The van der Waals surface area contributed by atoms with Crippen molar-refractivity contribution in [3.63, 3.8) is 0 Å². The predicted octanol–water partition coefficient (Wildman–Crippen LogP) is 2.14. The van der Waals surface area contributed by atoms with Crippen molar-refractivity contribution in [1.29, 1.82) is 0 Å². The molecule has 0 saturated carbocycles. The van der Waals surface area contributed by atoms with Crippen LogP contribution in [0.3, 0.4) is 0 Å². The summed E-state index contributed by atoms with van der Waals surface area (Å²) in [4.78, 5) is 13.2. The molecule has 0 aliphatic carbocycles. The minimum absolute atomic E-state index is 0.320. The molecule has 0 saturated heterocycles. The molecule has 1 aromatic carbocycles. The molecule has 0 spiro atoms. The fourth-order valence-corrected chi connectivity index (χ4v) is 1.74. The molecule has 0 heterocycles. The molecule has 17 heavy (non-hydrogen) atoms. The Bertz CT molecular complexity index is 377. The molecule has 0 aromatic heterocycles. The maximum absolute atomic E-state index is 11.0. The number of likely N-dealkylation sites (N-methyl/N-ethyl adjacent to an activating group) is 1. The van der Waals surface area contributed by atoms with Crippen LogP contribution in [0.2, 0.25) is 0 Å². The topological polar surface area (TPSA) is 52.6 Å². The van der Waals surface area contributed by atoms with Gasteiger partial charge >= 0.3 is 5.97 Å². The number of nitrogens with zero attached hydrogens (tertiary/aromatic N) is 1. The molecule has 94 valence electrons. The number of carbonyl (C=O) groups is 1. The van der Waals surface area contributed by atoms with E-state index < -0.39 is 5.97 Å². The van der Waals surface area contributed by atoms with Gasteiger partial charge < -0.3 is 15.3 Å². The smallest absolute Gasteiger partial charge is 0.337 e. The molecule has 1 atom stereocenters. The van der Waals surface area contributed by atoms with E-state index in [9.17, 15) is 4.79 Å². The van der Waals surface area contributed by atoms with Crippen LogP contribution in [0, 0.1) is 0 Å². The van der Waals surface area contributed by atoms with E-state index in [1.54, 1.807) is 18.2 Å². The standard InChI is InChI=1S/C13H20N2O2/c1-4-10(15(2)3)9-14-12-8-6-5-7-11(12)13(16)17/h5-8,10,14H,4,9H2,1-3H3,(H,16,17). The number of hydrogen-bond acceptors (Lipinski definition) is 3. The molecule has 0 fully saturated rings. The van der Waals surface area contributed by atoms with Gasteiger partial charge in [-0.05, 0) is 32.6 Å². The molecule has 1 rings (SSSR count). The zero-order valence-corrected chi connectivity index (χ0v) is 10.6. The molecular formula is C13H20N2O2. The van der Waals surface area contributed by atoms with Gasteiger partial charge in [0.25, 0.3) is 0 Å². The number of benzene rings is 1. The number of carboxylic acids is 1. The van der Waals surface area contributed by atoms with E-state index in [-0.39, 0.29) is 0 Å².